The number of benzene rings is 2. The van der Waals surface area contributed by atoms with Crippen molar-refractivity contribution in [3.05, 3.63) is 59.4 Å². The van der Waals surface area contributed by atoms with Gasteiger partial charge in [-0.05, 0) is 42.3 Å². The predicted octanol–water partition coefficient (Wildman–Crippen LogP) is 3.03. The van der Waals surface area contributed by atoms with Crippen LogP contribution in [0.25, 0.3) is 0 Å². The highest BCUT2D eigenvalue weighted by molar-refractivity contribution is 7.99. The van der Waals surface area contributed by atoms with Crippen molar-refractivity contribution in [2.45, 2.75) is 17.6 Å². The first-order valence-electron chi connectivity index (χ1n) is 9.17. The van der Waals surface area contributed by atoms with E-state index < -0.39 is 10.0 Å². The summed E-state index contributed by atoms with van der Waals surface area (Å²) < 4.78 is 45.4. The molecule has 6 nitrogen and oxygen atoms in total. The molecule has 1 saturated heterocycles. The lowest BCUT2D eigenvalue weighted by atomic mass is 10.2. The number of thioether (sulfide) groups is 1. The van der Waals surface area contributed by atoms with E-state index in [0.29, 0.717) is 43.3 Å². The Morgan fingerprint density at radius 1 is 1.17 bits per heavy atom. The quantitative estimate of drug-likeness (QED) is 0.719. The number of sulfonamides is 1. The fourth-order valence-electron chi connectivity index (χ4n) is 2.92. The summed E-state index contributed by atoms with van der Waals surface area (Å²) in [6, 6.07) is 11.0. The van der Waals surface area contributed by atoms with E-state index in [1.54, 1.807) is 31.2 Å². The molecule has 1 heterocycles. The maximum absolute atomic E-state index is 12.9. The fourth-order valence-corrected chi connectivity index (χ4v) is 5.37. The molecule has 2 aromatic rings. The summed E-state index contributed by atoms with van der Waals surface area (Å²) in [5.41, 5.74) is 1.99. The maximum Gasteiger partial charge on any atom is 0.243 e. The third kappa shape index (κ3) is 5.79. The summed E-state index contributed by atoms with van der Waals surface area (Å²) in [7, 11) is -3.64. The van der Waals surface area contributed by atoms with Gasteiger partial charge in [-0.3, -0.25) is 4.79 Å². The zero-order valence-electron chi connectivity index (χ0n) is 16.1. The van der Waals surface area contributed by atoms with Crippen LogP contribution in [0, 0.1) is 12.7 Å². The van der Waals surface area contributed by atoms with Crippen molar-refractivity contribution < 1.29 is 22.3 Å². The summed E-state index contributed by atoms with van der Waals surface area (Å²) in [5, 5.41) is 2.75. The number of hydrogen-bond acceptors (Lipinski definition) is 5. The summed E-state index contributed by atoms with van der Waals surface area (Å²) in [5.74, 6) is 0.268. The van der Waals surface area contributed by atoms with Gasteiger partial charge in [0.1, 0.15) is 5.82 Å². The molecule has 1 fully saturated rings. The van der Waals surface area contributed by atoms with Crippen molar-refractivity contribution in [3.63, 3.8) is 0 Å². The van der Waals surface area contributed by atoms with Crippen LogP contribution >= 0.6 is 11.8 Å². The molecule has 1 aliphatic heterocycles. The topological polar surface area (TPSA) is 75.7 Å². The highest BCUT2D eigenvalue weighted by Gasteiger charge is 2.28. The normalized spacial score (nSPS) is 15.2. The van der Waals surface area contributed by atoms with Gasteiger partial charge in [-0.25, -0.2) is 12.8 Å². The smallest absolute Gasteiger partial charge is 0.243 e. The second-order valence-corrected chi connectivity index (χ2v) is 9.56. The van der Waals surface area contributed by atoms with Gasteiger partial charge in [-0.2, -0.15) is 4.31 Å². The summed E-state index contributed by atoms with van der Waals surface area (Å²) in [6.45, 7) is 3.12. The van der Waals surface area contributed by atoms with Gasteiger partial charge in [0.25, 0.3) is 0 Å². The van der Waals surface area contributed by atoms with Crippen LogP contribution < -0.4 is 5.32 Å². The Morgan fingerprint density at radius 2 is 1.86 bits per heavy atom. The molecule has 0 atom stereocenters. The number of anilines is 1. The van der Waals surface area contributed by atoms with E-state index in [-0.39, 0.29) is 22.4 Å². The van der Waals surface area contributed by atoms with Crippen molar-refractivity contribution in [1.82, 2.24) is 4.31 Å². The Kier molecular flexibility index (Phi) is 7.28. The first-order valence-corrected chi connectivity index (χ1v) is 11.8. The van der Waals surface area contributed by atoms with E-state index in [1.807, 2.05) is 0 Å². The largest absolute Gasteiger partial charge is 0.379 e. The molecular formula is C20H23FN2O4S2. The van der Waals surface area contributed by atoms with E-state index >= 15 is 0 Å². The van der Waals surface area contributed by atoms with Crippen LogP contribution in [0.5, 0.6) is 0 Å². The number of nitrogens with zero attached hydrogens (tertiary/aromatic N) is 1. The SMILES string of the molecule is Cc1ccc(NC(=O)CSCc2ccc(F)cc2)cc1S(=O)(=O)N1CCOCC1. The van der Waals surface area contributed by atoms with Gasteiger partial charge in [-0.1, -0.05) is 18.2 Å². The number of carbonyl (C=O) groups excluding carboxylic acids is 1. The number of nitrogens with one attached hydrogen (secondary N) is 1. The average molecular weight is 439 g/mol. The molecule has 1 amide bonds. The minimum atomic E-state index is -3.64. The van der Waals surface area contributed by atoms with E-state index in [2.05, 4.69) is 5.32 Å². The van der Waals surface area contributed by atoms with Gasteiger partial charge in [0.05, 0.1) is 23.9 Å². The molecule has 0 aliphatic carbocycles. The minimum Gasteiger partial charge on any atom is -0.379 e. The van der Waals surface area contributed by atoms with Gasteiger partial charge in [0, 0.05) is 24.5 Å². The Morgan fingerprint density at radius 3 is 2.55 bits per heavy atom. The highest BCUT2D eigenvalue weighted by atomic mass is 32.2. The molecule has 0 aromatic heterocycles. The second kappa shape index (κ2) is 9.71. The Labute approximate surface area is 174 Å². The fraction of sp³-hybridized carbons (Fsp3) is 0.350. The number of halogens is 1. The molecule has 1 aliphatic rings. The molecule has 9 heteroatoms. The van der Waals surface area contributed by atoms with Crippen LogP contribution in [0.3, 0.4) is 0 Å². The molecule has 156 valence electrons. The number of aryl methyl sites for hydroxylation is 1. The van der Waals surface area contributed by atoms with Crippen LogP contribution in [-0.4, -0.2) is 50.7 Å². The Hall–Kier alpha value is -1.94. The van der Waals surface area contributed by atoms with E-state index in [1.165, 1.54) is 34.3 Å². The lowest BCUT2D eigenvalue weighted by Crippen LogP contribution is -2.40. The number of amides is 1. The molecule has 0 bridgehead atoms. The predicted molar refractivity (Wildman–Crippen MR) is 112 cm³/mol. The molecule has 1 N–H and O–H groups in total. The number of morpholine rings is 1. The summed E-state index contributed by atoms with van der Waals surface area (Å²) in [6.07, 6.45) is 0. The van der Waals surface area contributed by atoms with Crippen molar-refractivity contribution >= 4 is 33.4 Å². The average Bonchev–Trinajstić information content (AvgIpc) is 2.71. The number of carbonyl (C=O) groups is 1. The Balaban J connectivity index is 1.61. The monoisotopic (exact) mass is 438 g/mol. The third-order valence-electron chi connectivity index (χ3n) is 4.47. The first kappa shape index (κ1) is 21.8. The van der Waals surface area contributed by atoms with Crippen molar-refractivity contribution in [2.75, 3.05) is 37.4 Å². The Bertz CT molecular complexity index is 959. The van der Waals surface area contributed by atoms with Gasteiger partial charge in [0.15, 0.2) is 0 Å². The van der Waals surface area contributed by atoms with Gasteiger partial charge >= 0.3 is 0 Å². The van der Waals surface area contributed by atoms with E-state index in [0.717, 1.165) is 5.56 Å². The molecule has 0 unspecified atom stereocenters. The standard InChI is InChI=1S/C20H23FN2O4S2/c1-15-2-7-18(12-19(15)29(25,26)23-8-10-27-11-9-23)22-20(24)14-28-13-16-3-5-17(21)6-4-16/h2-7,12H,8-11,13-14H2,1H3,(H,22,24). The number of hydrogen-bond donors (Lipinski definition) is 1. The van der Waals surface area contributed by atoms with E-state index in [4.69, 9.17) is 4.74 Å². The molecule has 3 rings (SSSR count). The molecule has 2 aromatic carbocycles. The number of rotatable bonds is 7. The maximum atomic E-state index is 12.9. The van der Waals surface area contributed by atoms with Crippen LogP contribution in [0.2, 0.25) is 0 Å². The molecular weight excluding hydrogens is 415 g/mol. The highest BCUT2D eigenvalue weighted by Crippen LogP contribution is 2.24. The molecule has 0 radical (unpaired) electrons. The minimum absolute atomic E-state index is 0.191. The lowest BCUT2D eigenvalue weighted by Gasteiger charge is -2.26. The lowest BCUT2D eigenvalue weighted by molar-refractivity contribution is -0.113. The molecule has 0 saturated carbocycles. The van der Waals surface area contributed by atoms with Crippen LogP contribution in [-0.2, 0) is 25.3 Å². The van der Waals surface area contributed by atoms with E-state index in [9.17, 15) is 17.6 Å². The zero-order chi connectivity index (χ0) is 20.9. The van der Waals surface area contributed by atoms with Gasteiger partial charge < -0.3 is 10.1 Å². The molecule has 29 heavy (non-hydrogen) atoms. The van der Waals surface area contributed by atoms with Crippen LogP contribution in [0.1, 0.15) is 11.1 Å². The van der Waals surface area contributed by atoms with Crippen molar-refractivity contribution in [2.24, 2.45) is 0 Å². The number of ether oxygens (including phenoxy) is 1. The molecule has 0 spiro atoms. The zero-order valence-corrected chi connectivity index (χ0v) is 17.7. The van der Waals surface area contributed by atoms with Crippen molar-refractivity contribution in [1.29, 1.82) is 0 Å². The van der Waals surface area contributed by atoms with Gasteiger partial charge in [-0.15, -0.1) is 11.8 Å². The first-order chi connectivity index (χ1) is 13.9. The summed E-state index contributed by atoms with van der Waals surface area (Å²) >= 11 is 1.40. The van der Waals surface area contributed by atoms with Gasteiger partial charge in [0.2, 0.25) is 15.9 Å². The van der Waals surface area contributed by atoms with Crippen LogP contribution in [0.15, 0.2) is 47.4 Å². The van der Waals surface area contributed by atoms with Crippen molar-refractivity contribution in [3.8, 4) is 0 Å². The second-order valence-electron chi connectivity index (χ2n) is 6.66. The third-order valence-corrected chi connectivity index (χ3v) is 7.52. The summed E-state index contributed by atoms with van der Waals surface area (Å²) in [4.78, 5) is 12.4. The van der Waals surface area contributed by atoms with Crippen LogP contribution in [0.4, 0.5) is 10.1 Å².